The van der Waals surface area contributed by atoms with Crippen molar-refractivity contribution in [2.75, 3.05) is 6.61 Å². The van der Waals surface area contributed by atoms with Gasteiger partial charge in [0.25, 0.3) is 0 Å². The Morgan fingerprint density at radius 2 is 1.88 bits per heavy atom. The summed E-state index contributed by atoms with van der Waals surface area (Å²) in [7, 11) is 0. The molecule has 0 spiro atoms. The van der Waals surface area contributed by atoms with Gasteiger partial charge in [0.1, 0.15) is 0 Å². The zero-order valence-electron chi connectivity index (χ0n) is 15.8. The van der Waals surface area contributed by atoms with Gasteiger partial charge in [0.2, 0.25) is 0 Å². The van der Waals surface area contributed by atoms with E-state index in [1.165, 1.54) is 68.1 Å². The summed E-state index contributed by atoms with van der Waals surface area (Å²) in [5.74, 6) is 0.383. The van der Waals surface area contributed by atoms with Gasteiger partial charge in [-0.05, 0) is 68.1 Å². The van der Waals surface area contributed by atoms with Crippen LogP contribution in [0.2, 0.25) is 0 Å². The largest absolute Gasteiger partial charge is 0.394 e. The number of fused-ring (bicyclic) bond motifs is 1. The molecule has 1 aliphatic rings. The minimum atomic E-state index is -0.460. The smallest absolute Gasteiger partial charge is 0.0611 e. The van der Waals surface area contributed by atoms with Crippen molar-refractivity contribution in [3.8, 4) is 0 Å². The lowest BCUT2D eigenvalue weighted by molar-refractivity contribution is 0.148. The number of aryl methyl sites for hydroxylation is 2. The lowest BCUT2D eigenvalue weighted by Gasteiger charge is -2.32. The molecule has 2 atom stereocenters. The molecular formula is C22H37NO. The molecule has 0 radical (unpaired) electrons. The Balaban J connectivity index is 1.90. The summed E-state index contributed by atoms with van der Waals surface area (Å²) in [6.45, 7) is 4.34. The van der Waals surface area contributed by atoms with Crippen LogP contribution in [0.5, 0.6) is 0 Å². The molecule has 136 valence electrons. The molecule has 3 N–H and O–H groups in total. The van der Waals surface area contributed by atoms with E-state index in [9.17, 15) is 5.11 Å². The van der Waals surface area contributed by atoms with Crippen LogP contribution in [-0.4, -0.2) is 17.3 Å². The molecule has 0 fully saturated rings. The lowest BCUT2D eigenvalue weighted by atomic mass is 9.80. The van der Waals surface area contributed by atoms with Gasteiger partial charge in [0.05, 0.1) is 6.61 Å². The van der Waals surface area contributed by atoms with Gasteiger partial charge in [0, 0.05) is 5.54 Å². The second-order valence-electron chi connectivity index (χ2n) is 8.08. The standard InChI is InChI=1S/C22H37NO/c1-3-4-5-6-7-8-10-18-13-14-20-16-21(22(2,23)17-24)12-9-11-19(20)15-18/h13-15,21,24H,3-12,16-17,23H2,1-2H3/t21-,22+/m0/s1. The van der Waals surface area contributed by atoms with E-state index >= 15 is 0 Å². The fraction of sp³-hybridized carbons (Fsp3) is 0.727. The Bertz CT molecular complexity index is 495. The molecule has 0 unspecified atom stereocenters. The minimum Gasteiger partial charge on any atom is -0.394 e. The number of hydrogen-bond donors (Lipinski definition) is 2. The summed E-state index contributed by atoms with van der Waals surface area (Å²) >= 11 is 0. The van der Waals surface area contributed by atoms with Crippen molar-refractivity contribution in [2.24, 2.45) is 11.7 Å². The first-order valence-corrected chi connectivity index (χ1v) is 10.1. The molecule has 0 amide bonds. The molecule has 0 aliphatic heterocycles. The average Bonchev–Trinajstić information content (AvgIpc) is 2.80. The number of aliphatic hydroxyl groups is 1. The zero-order valence-corrected chi connectivity index (χ0v) is 15.8. The van der Waals surface area contributed by atoms with E-state index in [0.717, 1.165) is 19.3 Å². The Labute approximate surface area is 148 Å². The first-order chi connectivity index (χ1) is 11.6. The van der Waals surface area contributed by atoms with Crippen LogP contribution >= 0.6 is 0 Å². The van der Waals surface area contributed by atoms with Gasteiger partial charge in [0.15, 0.2) is 0 Å². The normalized spacial score (nSPS) is 20.2. The van der Waals surface area contributed by atoms with Gasteiger partial charge in [-0.25, -0.2) is 0 Å². The van der Waals surface area contributed by atoms with E-state index in [-0.39, 0.29) is 6.61 Å². The summed E-state index contributed by atoms with van der Waals surface area (Å²) < 4.78 is 0. The third-order valence-electron chi connectivity index (χ3n) is 5.83. The molecule has 1 aromatic rings. The molecule has 0 bridgehead atoms. The Morgan fingerprint density at radius 1 is 1.12 bits per heavy atom. The molecule has 2 heteroatoms. The van der Waals surface area contributed by atoms with Crippen LogP contribution < -0.4 is 5.73 Å². The van der Waals surface area contributed by atoms with Crippen LogP contribution in [0, 0.1) is 5.92 Å². The molecular weight excluding hydrogens is 294 g/mol. The Hall–Kier alpha value is -0.860. The molecule has 0 saturated heterocycles. The minimum absolute atomic E-state index is 0.0725. The lowest BCUT2D eigenvalue weighted by Crippen LogP contribution is -2.48. The maximum atomic E-state index is 9.58. The highest BCUT2D eigenvalue weighted by Gasteiger charge is 2.31. The van der Waals surface area contributed by atoms with E-state index < -0.39 is 5.54 Å². The number of nitrogens with two attached hydrogens (primary N) is 1. The van der Waals surface area contributed by atoms with Crippen LogP contribution in [0.25, 0.3) is 0 Å². The summed E-state index contributed by atoms with van der Waals surface area (Å²) in [4.78, 5) is 0. The monoisotopic (exact) mass is 331 g/mol. The fourth-order valence-electron chi connectivity index (χ4n) is 3.97. The number of rotatable bonds is 9. The summed E-state index contributed by atoms with van der Waals surface area (Å²) in [6.07, 6.45) is 13.9. The summed E-state index contributed by atoms with van der Waals surface area (Å²) in [5, 5.41) is 9.58. The van der Waals surface area contributed by atoms with E-state index in [1.54, 1.807) is 0 Å². The molecule has 2 nitrogen and oxygen atoms in total. The highest BCUT2D eigenvalue weighted by molar-refractivity contribution is 5.34. The average molecular weight is 332 g/mol. The second kappa shape index (κ2) is 9.58. The van der Waals surface area contributed by atoms with E-state index in [0.29, 0.717) is 5.92 Å². The highest BCUT2D eigenvalue weighted by atomic mass is 16.3. The SMILES string of the molecule is CCCCCCCCc1ccc2c(c1)CCC[C@H]([C@](C)(N)CO)C2. The van der Waals surface area contributed by atoms with Crippen LogP contribution in [0.1, 0.15) is 81.9 Å². The molecule has 1 aliphatic carbocycles. The molecule has 0 heterocycles. The predicted octanol–water partition coefficient (Wildman–Crippen LogP) is 4.79. The second-order valence-corrected chi connectivity index (χ2v) is 8.08. The fourth-order valence-corrected chi connectivity index (χ4v) is 3.97. The van der Waals surface area contributed by atoms with E-state index in [2.05, 4.69) is 25.1 Å². The first kappa shape index (κ1) is 19.5. The van der Waals surface area contributed by atoms with E-state index in [4.69, 9.17) is 5.73 Å². The Kier molecular flexibility index (Phi) is 7.77. The number of hydrogen-bond acceptors (Lipinski definition) is 2. The number of benzene rings is 1. The Morgan fingerprint density at radius 3 is 2.62 bits per heavy atom. The van der Waals surface area contributed by atoms with Crippen molar-refractivity contribution in [3.05, 3.63) is 34.9 Å². The quantitative estimate of drug-likeness (QED) is 0.504. The van der Waals surface area contributed by atoms with Gasteiger partial charge in [-0.2, -0.15) is 0 Å². The van der Waals surface area contributed by atoms with Crippen molar-refractivity contribution in [1.29, 1.82) is 0 Å². The van der Waals surface area contributed by atoms with Crippen LogP contribution in [0.3, 0.4) is 0 Å². The molecule has 24 heavy (non-hydrogen) atoms. The molecule has 1 aromatic carbocycles. The van der Waals surface area contributed by atoms with Crippen LogP contribution in [0.4, 0.5) is 0 Å². The third kappa shape index (κ3) is 5.60. The molecule has 2 rings (SSSR count). The van der Waals surface area contributed by atoms with Crippen LogP contribution in [0.15, 0.2) is 18.2 Å². The van der Waals surface area contributed by atoms with Gasteiger partial charge in [-0.15, -0.1) is 0 Å². The van der Waals surface area contributed by atoms with Crippen molar-refractivity contribution in [3.63, 3.8) is 0 Å². The molecule has 0 saturated carbocycles. The van der Waals surface area contributed by atoms with Crippen molar-refractivity contribution in [2.45, 2.75) is 90.0 Å². The van der Waals surface area contributed by atoms with Gasteiger partial charge in [-0.3, -0.25) is 0 Å². The van der Waals surface area contributed by atoms with Crippen molar-refractivity contribution in [1.82, 2.24) is 0 Å². The topological polar surface area (TPSA) is 46.2 Å². The van der Waals surface area contributed by atoms with Crippen molar-refractivity contribution < 1.29 is 5.11 Å². The summed E-state index contributed by atoms with van der Waals surface area (Å²) in [6, 6.07) is 7.09. The maximum Gasteiger partial charge on any atom is 0.0611 e. The van der Waals surface area contributed by atoms with Gasteiger partial charge >= 0.3 is 0 Å². The summed E-state index contributed by atoms with van der Waals surface area (Å²) in [5.41, 5.74) is 10.3. The third-order valence-corrected chi connectivity index (χ3v) is 5.83. The molecule has 0 aromatic heterocycles. The highest BCUT2D eigenvalue weighted by Crippen LogP contribution is 2.31. The first-order valence-electron chi connectivity index (χ1n) is 10.1. The number of unbranched alkanes of at least 4 members (excludes halogenated alkanes) is 5. The predicted molar refractivity (Wildman–Crippen MR) is 103 cm³/mol. The van der Waals surface area contributed by atoms with E-state index in [1.807, 2.05) is 6.92 Å². The number of aliphatic hydroxyl groups excluding tert-OH is 1. The van der Waals surface area contributed by atoms with Gasteiger partial charge < -0.3 is 10.8 Å². The van der Waals surface area contributed by atoms with Crippen molar-refractivity contribution >= 4 is 0 Å². The zero-order chi connectivity index (χ0) is 17.4. The maximum absolute atomic E-state index is 9.58. The van der Waals surface area contributed by atoms with Crippen LogP contribution in [-0.2, 0) is 19.3 Å². The van der Waals surface area contributed by atoms with Gasteiger partial charge in [-0.1, -0.05) is 57.2 Å².